The third-order valence-electron chi connectivity index (χ3n) is 4.76. The number of rotatable bonds is 5. The van der Waals surface area contributed by atoms with Crippen molar-refractivity contribution < 1.29 is 9.53 Å². The maximum absolute atomic E-state index is 11.9. The van der Waals surface area contributed by atoms with Crippen molar-refractivity contribution in [3.8, 4) is 5.75 Å². The van der Waals surface area contributed by atoms with E-state index in [2.05, 4.69) is 44.3 Å². The number of nitrogens with one attached hydrogen (secondary N) is 1. The van der Waals surface area contributed by atoms with Gasteiger partial charge >= 0.3 is 0 Å². The van der Waals surface area contributed by atoms with E-state index in [0.717, 1.165) is 21.8 Å². The van der Waals surface area contributed by atoms with Crippen molar-refractivity contribution in [2.24, 2.45) is 0 Å². The maximum atomic E-state index is 11.9. The molecule has 1 saturated carbocycles. The molecule has 1 amide bonds. The van der Waals surface area contributed by atoms with Crippen molar-refractivity contribution in [1.29, 1.82) is 0 Å². The fourth-order valence-electron chi connectivity index (χ4n) is 3.00. The van der Waals surface area contributed by atoms with Crippen molar-refractivity contribution in [3.63, 3.8) is 0 Å². The van der Waals surface area contributed by atoms with Crippen LogP contribution in [0, 0.1) is 20.8 Å². The number of benzene rings is 2. The molecule has 0 unspecified atom stereocenters. The van der Waals surface area contributed by atoms with E-state index < -0.39 is 0 Å². The molecule has 2 aromatic rings. The van der Waals surface area contributed by atoms with Gasteiger partial charge in [0.15, 0.2) is 0 Å². The zero-order valence-electron chi connectivity index (χ0n) is 15.3. The van der Waals surface area contributed by atoms with Gasteiger partial charge in [-0.15, -0.1) is 0 Å². The lowest BCUT2D eigenvalue weighted by molar-refractivity contribution is 0.262. The molecule has 0 radical (unpaired) electrons. The first-order valence-corrected chi connectivity index (χ1v) is 9.53. The molecule has 0 atom stereocenters. The number of amides is 1. The number of aryl methyl sites for hydroxylation is 3. The first-order chi connectivity index (χ1) is 12.0. The Morgan fingerprint density at radius 1 is 1.16 bits per heavy atom. The van der Waals surface area contributed by atoms with Crippen LogP contribution in [0.15, 0.2) is 35.2 Å². The van der Waals surface area contributed by atoms with Gasteiger partial charge in [0.25, 0.3) is 5.24 Å². The summed E-state index contributed by atoms with van der Waals surface area (Å²) < 4.78 is 6.19. The van der Waals surface area contributed by atoms with Gasteiger partial charge in [0.1, 0.15) is 12.4 Å². The molecule has 1 aliphatic rings. The highest BCUT2D eigenvalue weighted by molar-refractivity contribution is 8.13. The van der Waals surface area contributed by atoms with Gasteiger partial charge in [0.2, 0.25) is 0 Å². The predicted octanol–water partition coefficient (Wildman–Crippen LogP) is 5.50. The Hall–Kier alpha value is -1.94. The summed E-state index contributed by atoms with van der Waals surface area (Å²) >= 11 is 1.24. The largest absolute Gasteiger partial charge is 0.489 e. The lowest BCUT2D eigenvalue weighted by Crippen LogP contribution is -2.12. The van der Waals surface area contributed by atoms with E-state index in [1.807, 2.05) is 12.1 Å². The molecule has 25 heavy (non-hydrogen) atoms. The third kappa shape index (κ3) is 4.18. The van der Waals surface area contributed by atoms with E-state index in [1.165, 1.54) is 41.3 Å². The lowest BCUT2D eigenvalue weighted by Gasteiger charge is -2.17. The van der Waals surface area contributed by atoms with Crippen molar-refractivity contribution in [1.82, 2.24) is 5.32 Å². The molecule has 1 aliphatic carbocycles. The minimum atomic E-state index is -0.0449. The van der Waals surface area contributed by atoms with Gasteiger partial charge in [-0.25, -0.2) is 0 Å². The lowest BCUT2D eigenvalue weighted by atomic mass is 10.0. The van der Waals surface area contributed by atoms with Crippen molar-refractivity contribution in [3.05, 3.63) is 58.1 Å². The molecule has 1 fully saturated rings. The minimum absolute atomic E-state index is 0.0449. The van der Waals surface area contributed by atoms with E-state index in [-0.39, 0.29) is 5.24 Å². The summed E-state index contributed by atoms with van der Waals surface area (Å²) in [5.41, 5.74) is 6.13. The molecule has 0 bridgehead atoms. The summed E-state index contributed by atoms with van der Waals surface area (Å²) in [6.45, 7) is 6.79. The molecule has 132 valence electrons. The summed E-state index contributed by atoms with van der Waals surface area (Å²) in [7, 11) is 1.66. The second-order valence-corrected chi connectivity index (χ2v) is 7.74. The fourth-order valence-corrected chi connectivity index (χ4v) is 3.75. The van der Waals surface area contributed by atoms with E-state index in [4.69, 9.17) is 4.74 Å². The van der Waals surface area contributed by atoms with Crippen LogP contribution in [0.5, 0.6) is 5.75 Å². The van der Waals surface area contributed by atoms with Crippen molar-refractivity contribution in [2.45, 2.75) is 51.0 Å². The highest BCUT2D eigenvalue weighted by Gasteiger charge is 2.27. The Bertz CT molecular complexity index is 797. The van der Waals surface area contributed by atoms with Gasteiger partial charge in [-0.3, -0.25) is 4.79 Å². The van der Waals surface area contributed by atoms with Gasteiger partial charge in [0, 0.05) is 17.5 Å². The normalized spacial score (nSPS) is 13.6. The molecular formula is C21H25NO2S. The van der Waals surface area contributed by atoms with Crippen LogP contribution in [0.25, 0.3) is 0 Å². The minimum Gasteiger partial charge on any atom is -0.489 e. The Kier molecular flexibility index (Phi) is 5.38. The van der Waals surface area contributed by atoms with E-state index in [9.17, 15) is 4.79 Å². The van der Waals surface area contributed by atoms with Crippen LogP contribution in [0.2, 0.25) is 0 Å². The van der Waals surface area contributed by atoms with Crippen LogP contribution >= 0.6 is 11.8 Å². The van der Waals surface area contributed by atoms with Crippen molar-refractivity contribution >= 4 is 17.0 Å². The van der Waals surface area contributed by atoms with Crippen molar-refractivity contribution in [2.75, 3.05) is 7.05 Å². The zero-order valence-corrected chi connectivity index (χ0v) is 16.1. The molecule has 0 aromatic heterocycles. The highest BCUT2D eigenvalue weighted by Crippen LogP contribution is 2.44. The number of ether oxygens (including phenoxy) is 1. The Morgan fingerprint density at radius 2 is 1.88 bits per heavy atom. The summed E-state index contributed by atoms with van der Waals surface area (Å²) in [6.07, 6.45) is 2.45. The number of carbonyl (C=O) groups excluding carboxylic acids is 1. The molecule has 0 aliphatic heterocycles. The smallest absolute Gasteiger partial charge is 0.283 e. The van der Waals surface area contributed by atoms with Gasteiger partial charge in [-0.2, -0.15) is 0 Å². The molecule has 4 heteroatoms. The fraction of sp³-hybridized carbons (Fsp3) is 0.381. The summed E-state index contributed by atoms with van der Waals surface area (Å²) in [5, 5.41) is 2.64. The summed E-state index contributed by atoms with van der Waals surface area (Å²) in [4.78, 5) is 12.8. The summed E-state index contributed by atoms with van der Waals surface area (Å²) in [5.74, 6) is 1.54. The molecule has 2 aromatic carbocycles. The van der Waals surface area contributed by atoms with Crippen LogP contribution in [-0.2, 0) is 6.61 Å². The second-order valence-electron chi connectivity index (χ2n) is 6.73. The van der Waals surface area contributed by atoms with E-state index >= 15 is 0 Å². The molecule has 0 saturated heterocycles. The van der Waals surface area contributed by atoms with E-state index in [0.29, 0.717) is 12.5 Å². The van der Waals surface area contributed by atoms with E-state index in [1.54, 1.807) is 7.05 Å². The Balaban J connectivity index is 1.88. The molecule has 3 rings (SSSR count). The van der Waals surface area contributed by atoms with Crippen LogP contribution in [0.4, 0.5) is 4.79 Å². The van der Waals surface area contributed by atoms with Crippen LogP contribution < -0.4 is 10.1 Å². The van der Waals surface area contributed by atoms with Crippen LogP contribution in [0.3, 0.4) is 0 Å². The van der Waals surface area contributed by atoms with Crippen LogP contribution in [0.1, 0.15) is 46.6 Å². The third-order valence-corrected chi connectivity index (χ3v) is 5.75. The van der Waals surface area contributed by atoms with Gasteiger partial charge in [-0.05, 0) is 85.7 Å². The monoisotopic (exact) mass is 355 g/mol. The molecule has 3 nitrogen and oxygen atoms in total. The Labute approximate surface area is 154 Å². The first-order valence-electron chi connectivity index (χ1n) is 8.71. The maximum Gasteiger partial charge on any atom is 0.283 e. The second kappa shape index (κ2) is 7.52. The number of hydrogen-bond donors (Lipinski definition) is 1. The number of carbonyl (C=O) groups is 1. The summed E-state index contributed by atoms with van der Waals surface area (Å²) in [6, 6.07) is 10.5. The highest BCUT2D eigenvalue weighted by atomic mass is 32.2. The van der Waals surface area contributed by atoms with Gasteiger partial charge < -0.3 is 10.1 Å². The van der Waals surface area contributed by atoms with Gasteiger partial charge in [-0.1, -0.05) is 18.2 Å². The number of thioether (sulfide) groups is 1. The topological polar surface area (TPSA) is 38.3 Å². The molecule has 0 spiro atoms. The SMILES string of the molecule is CNC(=O)Sc1cccc(C2CC2)c1COc1cc(C)c(C)cc1C. The standard InChI is InChI=1S/C21H25NO2S/c1-13-10-15(3)19(11-14(13)2)24-12-18-17(16-8-9-16)6-5-7-20(18)25-21(23)22-4/h5-7,10-11,16H,8-9,12H2,1-4H3,(H,22,23). The Morgan fingerprint density at radius 3 is 2.56 bits per heavy atom. The number of hydrogen-bond acceptors (Lipinski definition) is 3. The first kappa shape index (κ1) is 17.9. The predicted molar refractivity (Wildman–Crippen MR) is 104 cm³/mol. The molecular weight excluding hydrogens is 330 g/mol. The molecule has 0 heterocycles. The van der Waals surface area contributed by atoms with Crippen LogP contribution in [-0.4, -0.2) is 12.3 Å². The average molecular weight is 356 g/mol. The van der Waals surface area contributed by atoms with Gasteiger partial charge in [0.05, 0.1) is 0 Å². The quantitative estimate of drug-likeness (QED) is 0.720. The zero-order chi connectivity index (χ0) is 18.0. The average Bonchev–Trinajstić information content (AvgIpc) is 3.42. The molecule has 1 N–H and O–H groups in total.